The minimum absolute atomic E-state index is 0.141. The molecule has 1 aromatic carbocycles. The average molecular weight is 525 g/mol. The fourth-order valence-electron chi connectivity index (χ4n) is 4.99. The number of aryl methyl sites for hydroxylation is 1. The SMILES string of the molecule is CC1CN(CCCc2ccc(-n3ccc(NC(=O)N4CCN(C(=O)C(C)(C)N)CC4)nc3=O)cc2)CC1N. The van der Waals surface area contributed by atoms with Gasteiger partial charge in [-0.1, -0.05) is 19.1 Å². The van der Waals surface area contributed by atoms with Crippen molar-refractivity contribution in [2.45, 2.75) is 45.2 Å². The standard InChI is InChI=1S/C27H40N8O3/c1-19-17-32(18-22(19)28)11-4-5-20-6-8-21(9-7-20)35-12-10-23(31-26(35)38)30-25(37)34-15-13-33(14-16-34)24(36)27(2,3)29/h6-10,12,19,22H,4-5,11,13-18,28-29H2,1-3H3,(H,30,31,37,38). The van der Waals surface area contributed by atoms with Crippen LogP contribution < -0.4 is 22.5 Å². The maximum absolute atomic E-state index is 12.7. The lowest BCUT2D eigenvalue weighted by Gasteiger charge is -2.37. The molecule has 2 saturated heterocycles. The Balaban J connectivity index is 1.27. The summed E-state index contributed by atoms with van der Waals surface area (Å²) in [4.78, 5) is 47.4. The molecule has 2 fully saturated rings. The van der Waals surface area contributed by atoms with E-state index in [1.165, 1.54) is 10.1 Å². The molecule has 0 saturated carbocycles. The van der Waals surface area contributed by atoms with Crippen LogP contribution in [0.3, 0.4) is 0 Å². The van der Waals surface area contributed by atoms with E-state index < -0.39 is 11.2 Å². The summed E-state index contributed by atoms with van der Waals surface area (Å²) in [5.74, 6) is 0.598. The first-order chi connectivity index (χ1) is 18.0. The quantitative estimate of drug-likeness (QED) is 0.487. The number of carbonyl (C=O) groups is 2. The molecule has 3 heterocycles. The van der Waals surface area contributed by atoms with Gasteiger partial charge in [-0.25, -0.2) is 9.59 Å². The molecule has 206 valence electrons. The van der Waals surface area contributed by atoms with Crippen molar-refractivity contribution in [3.63, 3.8) is 0 Å². The van der Waals surface area contributed by atoms with Gasteiger partial charge >= 0.3 is 11.7 Å². The third-order valence-electron chi connectivity index (χ3n) is 7.34. The number of benzene rings is 1. The molecule has 11 heteroatoms. The Morgan fingerprint density at radius 3 is 2.29 bits per heavy atom. The normalized spacial score (nSPS) is 20.6. The maximum Gasteiger partial charge on any atom is 0.354 e. The van der Waals surface area contributed by atoms with Gasteiger partial charge in [0, 0.05) is 51.5 Å². The highest BCUT2D eigenvalue weighted by Gasteiger charge is 2.31. The Hall–Kier alpha value is -3.28. The molecule has 2 aromatic rings. The lowest BCUT2D eigenvalue weighted by atomic mass is 10.1. The first-order valence-electron chi connectivity index (χ1n) is 13.3. The maximum atomic E-state index is 12.7. The zero-order chi connectivity index (χ0) is 27.4. The number of carbonyl (C=O) groups excluding carboxylic acids is 2. The number of amides is 3. The number of anilines is 1. The molecule has 2 aliphatic rings. The van der Waals surface area contributed by atoms with Crippen molar-refractivity contribution in [2.75, 3.05) is 51.1 Å². The summed E-state index contributed by atoms with van der Waals surface area (Å²) < 4.78 is 1.45. The van der Waals surface area contributed by atoms with Gasteiger partial charge in [0.15, 0.2) is 0 Å². The molecule has 0 aliphatic carbocycles. The van der Waals surface area contributed by atoms with E-state index in [4.69, 9.17) is 11.5 Å². The fourth-order valence-corrected chi connectivity index (χ4v) is 4.99. The highest BCUT2D eigenvalue weighted by Crippen LogP contribution is 2.16. The summed E-state index contributed by atoms with van der Waals surface area (Å²) in [6.07, 6.45) is 3.63. The lowest BCUT2D eigenvalue weighted by molar-refractivity contribution is -0.137. The predicted octanol–water partition coefficient (Wildman–Crippen LogP) is 0.858. The van der Waals surface area contributed by atoms with E-state index in [0.717, 1.165) is 32.5 Å². The van der Waals surface area contributed by atoms with Gasteiger partial charge in [-0.3, -0.25) is 14.7 Å². The molecule has 3 amide bonds. The largest absolute Gasteiger partial charge is 0.354 e. The summed E-state index contributed by atoms with van der Waals surface area (Å²) in [7, 11) is 0. The number of nitrogens with one attached hydrogen (secondary N) is 1. The Bertz CT molecular complexity index is 1170. The number of nitrogens with zero attached hydrogens (tertiary/aromatic N) is 5. The fraction of sp³-hybridized carbons (Fsp3) is 0.556. The summed E-state index contributed by atoms with van der Waals surface area (Å²) in [6.45, 7) is 10.2. The number of piperazine rings is 1. The van der Waals surface area contributed by atoms with Gasteiger partial charge in [-0.15, -0.1) is 0 Å². The topological polar surface area (TPSA) is 143 Å². The number of likely N-dealkylation sites (tertiary alicyclic amines) is 1. The van der Waals surface area contributed by atoms with Crippen molar-refractivity contribution in [1.29, 1.82) is 0 Å². The summed E-state index contributed by atoms with van der Waals surface area (Å²) in [5, 5.41) is 2.69. The Labute approximate surface area is 223 Å². The number of hydrogen-bond acceptors (Lipinski definition) is 7. The summed E-state index contributed by atoms with van der Waals surface area (Å²) in [6, 6.07) is 9.41. The molecular weight excluding hydrogens is 484 g/mol. The molecule has 38 heavy (non-hydrogen) atoms. The smallest absolute Gasteiger partial charge is 0.338 e. The van der Waals surface area contributed by atoms with Gasteiger partial charge in [-0.2, -0.15) is 4.98 Å². The molecule has 4 rings (SSSR count). The molecule has 2 aliphatic heterocycles. The molecule has 1 aromatic heterocycles. The predicted molar refractivity (Wildman–Crippen MR) is 147 cm³/mol. The number of nitrogens with two attached hydrogens (primary N) is 2. The number of urea groups is 1. The molecule has 0 spiro atoms. The van der Waals surface area contributed by atoms with Crippen LogP contribution in [0.4, 0.5) is 10.6 Å². The molecule has 11 nitrogen and oxygen atoms in total. The van der Waals surface area contributed by atoms with Crippen molar-refractivity contribution < 1.29 is 9.59 Å². The second-order valence-electron chi connectivity index (χ2n) is 11.1. The van der Waals surface area contributed by atoms with Crippen molar-refractivity contribution in [3.05, 3.63) is 52.6 Å². The molecular formula is C27H40N8O3. The minimum Gasteiger partial charge on any atom is -0.338 e. The summed E-state index contributed by atoms with van der Waals surface area (Å²) in [5.41, 5.74) is 12.5. The van der Waals surface area contributed by atoms with Crippen LogP contribution in [0.2, 0.25) is 0 Å². The molecule has 5 N–H and O–H groups in total. The van der Waals surface area contributed by atoms with Crippen LogP contribution in [0, 0.1) is 5.92 Å². The van der Waals surface area contributed by atoms with Crippen molar-refractivity contribution in [1.82, 2.24) is 24.3 Å². The Morgan fingerprint density at radius 2 is 1.71 bits per heavy atom. The number of hydrogen-bond donors (Lipinski definition) is 3. The van der Waals surface area contributed by atoms with Gasteiger partial charge in [-0.05, 0) is 62.9 Å². The van der Waals surface area contributed by atoms with E-state index in [2.05, 4.69) is 22.1 Å². The van der Waals surface area contributed by atoms with Crippen LogP contribution in [-0.4, -0.2) is 93.6 Å². The van der Waals surface area contributed by atoms with Crippen LogP contribution in [0.25, 0.3) is 5.69 Å². The zero-order valence-electron chi connectivity index (χ0n) is 22.6. The van der Waals surface area contributed by atoms with E-state index in [1.807, 2.05) is 24.3 Å². The van der Waals surface area contributed by atoms with Crippen LogP contribution in [0.5, 0.6) is 0 Å². The molecule has 0 bridgehead atoms. The monoisotopic (exact) mass is 524 g/mol. The van der Waals surface area contributed by atoms with Crippen LogP contribution in [0.1, 0.15) is 32.8 Å². The van der Waals surface area contributed by atoms with Crippen molar-refractivity contribution >= 4 is 17.8 Å². The minimum atomic E-state index is -0.944. The van der Waals surface area contributed by atoms with Gasteiger partial charge in [0.1, 0.15) is 5.82 Å². The second kappa shape index (κ2) is 11.6. The molecule has 0 radical (unpaired) electrons. The number of aromatic nitrogens is 2. The highest BCUT2D eigenvalue weighted by atomic mass is 16.2. The zero-order valence-corrected chi connectivity index (χ0v) is 22.6. The van der Waals surface area contributed by atoms with Gasteiger partial charge < -0.3 is 26.2 Å². The van der Waals surface area contributed by atoms with Crippen LogP contribution in [0.15, 0.2) is 41.3 Å². The summed E-state index contributed by atoms with van der Waals surface area (Å²) >= 11 is 0. The van der Waals surface area contributed by atoms with Gasteiger partial charge in [0.05, 0.1) is 11.2 Å². The average Bonchev–Trinajstić information content (AvgIpc) is 3.20. The van der Waals surface area contributed by atoms with Crippen molar-refractivity contribution in [2.24, 2.45) is 17.4 Å². The third-order valence-corrected chi connectivity index (χ3v) is 7.34. The first kappa shape index (κ1) is 27.7. The van der Waals surface area contributed by atoms with Gasteiger partial charge in [0.25, 0.3) is 0 Å². The molecule has 2 unspecified atom stereocenters. The second-order valence-corrected chi connectivity index (χ2v) is 11.1. The van der Waals surface area contributed by atoms with Crippen LogP contribution >= 0.6 is 0 Å². The van der Waals surface area contributed by atoms with E-state index in [-0.39, 0.29) is 23.8 Å². The van der Waals surface area contributed by atoms with Gasteiger partial charge in [0.2, 0.25) is 5.91 Å². The molecule has 2 atom stereocenters. The Morgan fingerprint density at radius 1 is 1.05 bits per heavy atom. The van der Waals surface area contributed by atoms with E-state index >= 15 is 0 Å². The first-order valence-corrected chi connectivity index (χ1v) is 13.3. The lowest BCUT2D eigenvalue weighted by Crippen LogP contribution is -2.58. The van der Waals surface area contributed by atoms with E-state index in [9.17, 15) is 14.4 Å². The third kappa shape index (κ3) is 6.77. The highest BCUT2D eigenvalue weighted by molar-refractivity contribution is 5.89. The van der Waals surface area contributed by atoms with E-state index in [0.29, 0.717) is 37.8 Å². The van der Waals surface area contributed by atoms with E-state index in [1.54, 1.807) is 35.9 Å². The number of rotatable bonds is 7. The van der Waals surface area contributed by atoms with Crippen molar-refractivity contribution in [3.8, 4) is 5.69 Å². The van der Waals surface area contributed by atoms with Crippen LogP contribution in [-0.2, 0) is 11.2 Å². The Kier molecular flexibility index (Phi) is 8.49.